The maximum Gasteiger partial charge on any atom is 0.257 e. The summed E-state index contributed by atoms with van der Waals surface area (Å²) in [4.78, 5) is 24.4. The minimum Gasteiger partial charge on any atom is -0.496 e. The van der Waals surface area contributed by atoms with E-state index in [2.05, 4.69) is 31.9 Å². The predicted molar refractivity (Wildman–Crippen MR) is 126 cm³/mol. The number of carbonyl (C=O) groups is 2. The Hall–Kier alpha value is -2.65. The van der Waals surface area contributed by atoms with Crippen LogP contribution in [0.25, 0.3) is 0 Å². The molecule has 2 aromatic carbocycles. The van der Waals surface area contributed by atoms with Crippen molar-refractivity contribution in [1.29, 1.82) is 0 Å². The number of hydrogen-bond donors (Lipinski definition) is 3. The third kappa shape index (κ3) is 6.70. The number of hydrogen-bond acceptors (Lipinski definition) is 5. The molecule has 0 aliphatic rings. The Bertz CT molecular complexity index is 936. The molecule has 2 aromatic rings. The molecule has 0 bridgehead atoms. The van der Waals surface area contributed by atoms with Gasteiger partial charge in [-0.2, -0.15) is 0 Å². The van der Waals surface area contributed by atoms with Gasteiger partial charge in [0.25, 0.3) is 5.91 Å². The average Bonchev–Trinajstić information content (AvgIpc) is 2.73. The molecule has 0 saturated carbocycles. The third-order valence-corrected chi connectivity index (χ3v) is 4.96. The molecule has 0 aromatic heterocycles. The number of carbonyl (C=O) groups excluding carboxylic acids is 2. The molecular formula is C21H24BrN3O4S. The highest BCUT2D eigenvalue weighted by molar-refractivity contribution is 9.10. The molecule has 0 radical (unpaired) electrons. The summed E-state index contributed by atoms with van der Waals surface area (Å²) in [7, 11) is 3.07. The number of rotatable bonds is 8. The number of halogens is 1. The van der Waals surface area contributed by atoms with Crippen LogP contribution in [-0.4, -0.2) is 31.1 Å². The number of unbranched alkanes of at least 4 members (excludes halogenated alkanes) is 1. The molecular weight excluding hydrogens is 470 g/mol. The maximum atomic E-state index is 12.4. The fourth-order valence-electron chi connectivity index (χ4n) is 2.57. The maximum absolute atomic E-state index is 12.4. The van der Waals surface area contributed by atoms with Gasteiger partial charge in [-0.3, -0.25) is 14.9 Å². The molecule has 0 saturated heterocycles. The normalized spacial score (nSPS) is 10.1. The molecule has 0 unspecified atom stereocenters. The van der Waals surface area contributed by atoms with Gasteiger partial charge >= 0.3 is 0 Å². The molecule has 2 amide bonds. The molecule has 0 atom stereocenters. The van der Waals surface area contributed by atoms with Crippen molar-refractivity contribution in [2.24, 2.45) is 0 Å². The van der Waals surface area contributed by atoms with Gasteiger partial charge < -0.3 is 20.1 Å². The quantitative estimate of drug-likeness (QED) is 0.461. The first-order valence-corrected chi connectivity index (χ1v) is 10.5. The Morgan fingerprint density at radius 1 is 1.03 bits per heavy atom. The highest BCUT2D eigenvalue weighted by atomic mass is 79.9. The lowest BCUT2D eigenvalue weighted by atomic mass is 10.2. The van der Waals surface area contributed by atoms with Crippen LogP contribution in [0.15, 0.2) is 40.9 Å². The fraction of sp³-hybridized carbons (Fsp3) is 0.286. The summed E-state index contributed by atoms with van der Waals surface area (Å²) in [5.74, 6) is 0.686. The summed E-state index contributed by atoms with van der Waals surface area (Å²) in [6.07, 6.45) is 2.23. The van der Waals surface area contributed by atoms with Gasteiger partial charge in [0.1, 0.15) is 11.5 Å². The number of benzene rings is 2. The van der Waals surface area contributed by atoms with Gasteiger partial charge in [-0.25, -0.2) is 0 Å². The first-order chi connectivity index (χ1) is 14.4. The van der Waals surface area contributed by atoms with Crippen LogP contribution in [0, 0.1) is 0 Å². The standard InChI is InChI=1S/C21H24BrN3O4S/c1-4-5-6-19(26)24-16-9-8-14(12-18(16)29-3)23-21(30)25-20(27)13-7-10-17(28-2)15(22)11-13/h7-12H,4-6H2,1-3H3,(H,24,26)(H2,23,25,27,30). The van der Waals surface area contributed by atoms with Gasteiger partial charge in [-0.1, -0.05) is 13.3 Å². The second kappa shape index (κ2) is 11.5. The zero-order valence-electron chi connectivity index (χ0n) is 17.0. The number of methoxy groups -OCH3 is 2. The number of nitrogens with one attached hydrogen (secondary N) is 3. The van der Waals surface area contributed by atoms with Crippen LogP contribution in [0.5, 0.6) is 11.5 Å². The predicted octanol–water partition coefficient (Wildman–Crippen LogP) is 4.72. The summed E-state index contributed by atoms with van der Waals surface area (Å²) in [6.45, 7) is 2.03. The van der Waals surface area contributed by atoms with Crippen molar-refractivity contribution in [3.63, 3.8) is 0 Å². The Morgan fingerprint density at radius 3 is 2.40 bits per heavy atom. The molecule has 0 heterocycles. The number of anilines is 2. The van der Waals surface area contributed by atoms with Crippen molar-refractivity contribution in [3.8, 4) is 11.5 Å². The molecule has 0 fully saturated rings. The fourth-order valence-corrected chi connectivity index (χ4v) is 3.32. The molecule has 0 aliphatic carbocycles. The molecule has 9 heteroatoms. The van der Waals surface area contributed by atoms with Gasteiger partial charge in [0.15, 0.2) is 5.11 Å². The van der Waals surface area contributed by atoms with Crippen LogP contribution in [0.3, 0.4) is 0 Å². The van der Waals surface area contributed by atoms with Crippen LogP contribution < -0.4 is 25.4 Å². The van der Waals surface area contributed by atoms with Gasteiger partial charge in [-0.05, 0) is 64.9 Å². The largest absolute Gasteiger partial charge is 0.496 e. The highest BCUT2D eigenvalue weighted by Crippen LogP contribution is 2.28. The minimum atomic E-state index is -0.359. The van der Waals surface area contributed by atoms with E-state index in [-0.39, 0.29) is 16.9 Å². The molecule has 3 N–H and O–H groups in total. The van der Waals surface area contributed by atoms with Crippen LogP contribution in [0.2, 0.25) is 0 Å². The van der Waals surface area contributed by atoms with E-state index in [9.17, 15) is 9.59 Å². The van der Waals surface area contributed by atoms with Crippen molar-refractivity contribution in [2.75, 3.05) is 24.9 Å². The number of ether oxygens (including phenoxy) is 2. The number of amides is 2. The molecule has 160 valence electrons. The lowest BCUT2D eigenvalue weighted by Crippen LogP contribution is -2.34. The van der Waals surface area contributed by atoms with Crippen molar-refractivity contribution < 1.29 is 19.1 Å². The van der Waals surface area contributed by atoms with E-state index in [0.29, 0.717) is 39.3 Å². The summed E-state index contributed by atoms with van der Waals surface area (Å²) >= 11 is 8.59. The van der Waals surface area contributed by atoms with Crippen LogP contribution >= 0.6 is 28.1 Å². The second-order valence-corrected chi connectivity index (χ2v) is 7.59. The smallest absolute Gasteiger partial charge is 0.257 e. The average molecular weight is 494 g/mol. The first-order valence-electron chi connectivity index (χ1n) is 9.31. The van der Waals surface area contributed by atoms with Crippen molar-refractivity contribution in [2.45, 2.75) is 26.2 Å². The Kier molecular flexibility index (Phi) is 9.07. The van der Waals surface area contributed by atoms with E-state index in [1.54, 1.807) is 43.5 Å². The minimum absolute atomic E-state index is 0.0655. The van der Waals surface area contributed by atoms with Crippen molar-refractivity contribution in [3.05, 3.63) is 46.4 Å². The molecule has 30 heavy (non-hydrogen) atoms. The summed E-state index contributed by atoms with van der Waals surface area (Å²) < 4.78 is 11.2. The highest BCUT2D eigenvalue weighted by Gasteiger charge is 2.12. The molecule has 7 nitrogen and oxygen atoms in total. The first kappa shape index (κ1) is 23.6. The van der Waals surface area contributed by atoms with Crippen LogP contribution in [0.1, 0.15) is 36.5 Å². The van der Waals surface area contributed by atoms with Gasteiger partial charge in [-0.15, -0.1) is 0 Å². The summed E-state index contributed by atoms with van der Waals surface area (Å²) in [5, 5.41) is 8.53. The number of thiocarbonyl (C=S) groups is 1. The SMILES string of the molecule is CCCCC(=O)Nc1ccc(NC(=S)NC(=O)c2ccc(OC)c(Br)c2)cc1OC. The second-order valence-electron chi connectivity index (χ2n) is 6.32. The molecule has 2 rings (SSSR count). The van der Waals surface area contributed by atoms with E-state index in [0.717, 1.165) is 12.8 Å². The van der Waals surface area contributed by atoms with E-state index in [4.69, 9.17) is 21.7 Å². The zero-order chi connectivity index (χ0) is 22.1. The van der Waals surface area contributed by atoms with E-state index < -0.39 is 0 Å². The summed E-state index contributed by atoms with van der Waals surface area (Å²) in [5.41, 5.74) is 1.61. The van der Waals surface area contributed by atoms with Gasteiger partial charge in [0.05, 0.1) is 24.4 Å². The lowest BCUT2D eigenvalue weighted by molar-refractivity contribution is -0.116. The van der Waals surface area contributed by atoms with Crippen LogP contribution in [0.4, 0.5) is 11.4 Å². The zero-order valence-corrected chi connectivity index (χ0v) is 19.4. The monoisotopic (exact) mass is 493 g/mol. The Morgan fingerprint density at radius 2 is 1.77 bits per heavy atom. The van der Waals surface area contributed by atoms with E-state index in [1.807, 2.05) is 6.92 Å². The third-order valence-electron chi connectivity index (χ3n) is 4.13. The summed E-state index contributed by atoms with van der Waals surface area (Å²) in [6, 6.07) is 10.1. The topological polar surface area (TPSA) is 88.7 Å². The van der Waals surface area contributed by atoms with E-state index in [1.165, 1.54) is 7.11 Å². The van der Waals surface area contributed by atoms with Gasteiger partial charge in [0, 0.05) is 23.7 Å². The molecule has 0 aliphatic heterocycles. The van der Waals surface area contributed by atoms with Crippen LogP contribution in [-0.2, 0) is 4.79 Å². The lowest BCUT2D eigenvalue weighted by Gasteiger charge is -2.14. The van der Waals surface area contributed by atoms with Crippen molar-refractivity contribution >= 4 is 56.4 Å². The van der Waals surface area contributed by atoms with Crippen molar-refractivity contribution in [1.82, 2.24) is 5.32 Å². The van der Waals surface area contributed by atoms with Gasteiger partial charge in [0.2, 0.25) is 5.91 Å². The van der Waals surface area contributed by atoms with E-state index >= 15 is 0 Å². The molecule has 0 spiro atoms. The Labute approximate surface area is 189 Å². The Balaban J connectivity index is 2.01.